The molecule has 4 aliphatic heterocycles. The van der Waals surface area contributed by atoms with Crippen molar-refractivity contribution in [2.45, 2.75) is 89.6 Å². The van der Waals surface area contributed by atoms with Crippen molar-refractivity contribution in [1.29, 1.82) is 0 Å². The molecule has 10 rings (SSSR count). The summed E-state index contributed by atoms with van der Waals surface area (Å²) < 4.78 is 11.8. The number of hydrogen-bond acceptors (Lipinski definition) is 17. The summed E-state index contributed by atoms with van der Waals surface area (Å²) in [6.45, 7) is 13.9. The van der Waals surface area contributed by atoms with Gasteiger partial charge in [0.15, 0.2) is 11.6 Å². The minimum atomic E-state index is -0.811. The number of benzene rings is 2. The van der Waals surface area contributed by atoms with E-state index in [-0.39, 0.29) is 36.4 Å². The summed E-state index contributed by atoms with van der Waals surface area (Å²) in [7, 11) is 0. The Morgan fingerprint density at radius 2 is 1.68 bits per heavy atom. The molecule has 5 N–H and O–H groups in total. The van der Waals surface area contributed by atoms with Crippen LogP contribution in [-0.2, 0) is 22.6 Å². The number of anilines is 3. The number of aromatic hydroxyl groups is 1. The lowest BCUT2D eigenvalue weighted by molar-refractivity contribution is -0.141. The van der Waals surface area contributed by atoms with Crippen LogP contribution in [0.15, 0.2) is 89.0 Å². The number of thiazole rings is 1. The normalized spacial score (nSPS) is 20.8. The second kappa shape index (κ2) is 22.2. The molecule has 4 aliphatic rings. The fraction of sp³-hybridized carbons (Fsp3) is 0.463. The molecule has 3 unspecified atom stereocenters. The number of nitrogen functional groups attached to an aromatic ring is 1. The molecular weight excluding hydrogens is 945 g/mol. The monoisotopic (exact) mass is 1010 g/mol. The second-order valence-electron chi connectivity index (χ2n) is 20.2. The molecule has 4 saturated heterocycles. The number of likely N-dealkylation sites (tertiary alicyclic amines) is 1. The van der Waals surface area contributed by atoms with E-state index in [2.05, 4.69) is 57.4 Å². The van der Waals surface area contributed by atoms with Gasteiger partial charge < -0.3 is 50.1 Å². The van der Waals surface area contributed by atoms with E-state index in [1.807, 2.05) is 74.9 Å². The van der Waals surface area contributed by atoms with Gasteiger partial charge in [-0.05, 0) is 91.7 Å². The number of aliphatic hydroxyl groups is 1. The molecule has 18 nitrogen and oxygen atoms in total. The highest BCUT2D eigenvalue weighted by Crippen LogP contribution is 2.40. The summed E-state index contributed by atoms with van der Waals surface area (Å²) in [5.74, 6) is -0.200. The number of nitrogens with two attached hydrogens (primary N) is 1. The molecule has 6 aromatic rings. The number of nitrogens with zero attached hydrogens (tertiary/aromatic N) is 10. The second-order valence-corrected chi connectivity index (χ2v) is 21.1. The topological polar surface area (TPSA) is 216 Å². The third-order valence-corrected chi connectivity index (χ3v) is 15.9. The quantitative estimate of drug-likeness (QED) is 0.0807. The molecule has 8 heterocycles. The van der Waals surface area contributed by atoms with E-state index < -0.39 is 18.1 Å². The maximum absolute atomic E-state index is 14.2. The lowest BCUT2D eigenvalue weighted by Crippen LogP contribution is -2.54. The molecule has 19 heteroatoms. The fourth-order valence-electron chi connectivity index (χ4n) is 11.1. The Morgan fingerprint density at radius 3 is 2.41 bits per heavy atom. The van der Waals surface area contributed by atoms with Gasteiger partial charge in [-0.15, -0.1) is 21.5 Å². The summed E-state index contributed by atoms with van der Waals surface area (Å²) in [4.78, 5) is 49.2. The average molecular weight is 1010 g/mol. The smallest absolute Gasteiger partial charge is 0.254 e. The maximum atomic E-state index is 14.2. The van der Waals surface area contributed by atoms with Crippen molar-refractivity contribution in [2.75, 3.05) is 81.0 Å². The molecule has 4 aromatic heterocycles. The van der Waals surface area contributed by atoms with Crippen LogP contribution in [0.3, 0.4) is 0 Å². The number of rotatable bonds is 18. The van der Waals surface area contributed by atoms with Crippen molar-refractivity contribution in [3.8, 4) is 33.3 Å². The van der Waals surface area contributed by atoms with Gasteiger partial charge in [0.05, 0.1) is 33.6 Å². The lowest BCUT2D eigenvalue weighted by atomic mass is 9.91. The number of aromatic nitrogens is 5. The van der Waals surface area contributed by atoms with Gasteiger partial charge in [-0.25, -0.2) is 4.98 Å². The number of phenolic OH excluding ortho intramolecular Hbond substituents is 1. The first-order valence-corrected chi connectivity index (χ1v) is 26.5. The van der Waals surface area contributed by atoms with Gasteiger partial charge in [0.2, 0.25) is 11.8 Å². The molecule has 0 radical (unpaired) electrons. The molecule has 0 saturated carbocycles. The van der Waals surface area contributed by atoms with Gasteiger partial charge >= 0.3 is 0 Å². The predicted molar refractivity (Wildman–Crippen MR) is 280 cm³/mol. The van der Waals surface area contributed by atoms with Crippen LogP contribution in [0.4, 0.5) is 17.2 Å². The van der Waals surface area contributed by atoms with E-state index in [9.17, 15) is 19.8 Å². The number of aliphatic hydroxyl groups excluding tert-OH is 1. The lowest BCUT2D eigenvalue weighted by Gasteiger charge is -2.43. The number of nitrogens with one attached hydrogen (secondary N) is 1. The number of carbonyl (C=O) groups is 2. The Hall–Kier alpha value is -6.67. The highest BCUT2D eigenvalue weighted by Gasteiger charge is 2.44. The van der Waals surface area contributed by atoms with E-state index in [1.165, 1.54) is 10.6 Å². The summed E-state index contributed by atoms with van der Waals surface area (Å²) in [5, 5.41) is 36.8. The maximum Gasteiger partial charge on any atom is 0.254 e. The number of piperazine rings is 2. The first-order valence-electron chi connectivity index (χ1n) is 25.6. The highest BCUT2D eigenvalue weighted by molar-refractivity contribution is 7.13. The van der Waals surface area contributed by atoms with Crippen molar-refractivity contribution in [3.63, 3.8) is 0 Å². The van der Waals surface area contributed by atoms with Gasteiger partial charge in [-0.3, -0.25) is 19.5 Å². The summed E-state index contributed by atoms with van der Waals surface area (Å²) in [6, 6.07) is 23.1. The van der Waals surface area contributed by atoms with E-state index in [0.717, 1.165) is 111 Å². The third kappa shape index (κ3) is 11.3. The Labute approximate surface area is 430 Å². The number of hydrogen-bond donors (Lipinski definition) is 4. The largest absolute Gasteiger partial charge is 0.507 e. The number of amides is 2. The average Bonchev–Trinajstić information content (AvgIpc) is 4.20. The Balaban J connectivity index is 0.650. The van der Waals surface area contributed by atoms with Crippen LogP contribution in [0.25, 0.3) is 21.7 Å². The van der Waals surface area contributed by atoms with E-state index >= 15 is 0 Å². The van der Waals surface area contributed by atoms with Crippen LogP contribution in [0, 0.1) is 12.8 Å². The van der Waals surface area contributed by atoms with Crippen molar-refractivity contribution in [3.05, 3.63) is 107 Å². The van der Waals surface area contributed by atoms with Gasteiger partial charge in [0.25, 0.3) is 5.88 Å². The number of fused-ring (bicyclic) bond motifs is 2. The van der Waals surface area contributed by atoms with Crippen LogP contribution in [0.1, 0.15) is 68.2 Å². The van der Waals surface area contributed by atoms with E-state index in [1.54, 1.807) is 29.5 Å². The third-order valence-electron chi connectivity index (χ3n) is 15.0. The number of β-amino-alcohol motifs (C(OH)–C–C–N with tert-alkyl or cyclic N) is 1. The molecule has 73 heavy (non-hydrogen) atoms. The van der Waals surface area contributed by atoms with Crippen molar-refractivity contribution < 1.29 is 29.1 Å². The molecule has 4 fully saturated rings. The van der Waals surface area contributed by atoms with Crippen LogP contribution in [0.2, 0.25) is 0 Å². The zero-order valence-corrected chi connectivity index (χ0v) is 42.7. The molecule has 0 spiro atoms. The SMILES string of the molecule is Cc1ncsc1-c1ccc(CNC(=O)[C@@H]2C[C@@H](O)CN2C(=O)C(c2cc(OCCN3CCN(CCCc4cc(N5C6CCC5CN(c5cc(-c7ccccc7O)nnc5N)C6)ccn4)CC3)no2)C(C)C)cc1. The first kappa shape index (κ1) is 49.9. The van der Waals surface area contributed by atoms with Crippen molar-refractivity contribution in [1.82, 2.24) is 45.3 Å². The van der Waals surface area contributed by atoms with E-state index in [0.29, 0.717) is 54.0 Å². The Morgan fingerprint density at radius 1 is 0.932 bits per heavy atom. The molecule has 2 aromatic carbocycles. The number of carbonyl (C=O) groups excluding carboxylic acids is 2. The minimum absolute atomic E-state index is 0.0644. The number of ether oxygens (including phenoxy) is 1. The standard InChI is InChI=1S/C54H66N12O6S/c1-34(2)50(54(70)65-32-42(67)26-46(65)53(69)57-29-36-10-12-37(13-11-36)51-35(3)58-33-73-51)48-28-49(61-72-48)71-24-23-63-21-19-62(20-22-63)18-6-7-38-25-39(16-17-56-38)66-40-14-15-41(66)31-64(30-40)45-27-44(59-60-52(45)55)43-8-4-5-9-47(43)68/h4-5,8-13,16-17,25,27-28,33-34,40-42,46,50,67-68H,6-7,14-15,18-24,26,29-32H2,1-3H3,(H2,55,60)(H,57,69)/t40?,41?,42-,46+,50?/m1/s1. The van der Waals surface area contributed by atoms with Gasteiger partial charge in [0, 0.05) is 107 Å². The Kier molecular flexibility index (Phi) is 15.2. The minimum Gasteiger partial charge on any atom is -0.507 e. The van der Waals surface area contributed by atoms with Crippen molar-refractivity contribution in [2.24, 2.45) is 5.92 Å². The molecular formula is C54H66N12O6S. The van der Waals surface area contributed by atoms with Gasteiger partial charge in [-0.1, -0.05) is 50.2 Å². The van der Waals surface area contributed by atoms with E-state index in [4.69, 9.17) is 20.0 Å². The summed E-state index contributed by atoms with van der Waals surface area (Å²) in [5.41, 5.74) is 15.7. The summed E-state index contributed by atoms with van der Waals surface area (Å²) in [6.07, 6.45) is 5.45. The highest BCUT2D eigenvalue weighted by atomic mass is 32.1. The molecule has 0 aliphatic carbocycles. The van der Waals surface area contributed by atoms with Crippen LogP contribution < -0.4 is 25.6 Å². The van der Waals surface area contributed by atoms with Gasteiger partial charge in [0.1, 0.15) is 24.3 Å². The number of para-hydroxylation sites is 1. The summed E-state index contributed by atoms with van der Waals surface area (Å²) >= 11 is 1.59. The molecule has 384 valence electrons. The molecule has 5 atom stereocenters. The van der Waals surface area contributed by atoms with Crippen molar-refractivity contribution >= 4 is 40.3 Å². The van der Waals surface area contributed by atoms with Crippen LogP contribution >= 0.6 is 11.3 Å². The fourth-order valence-corrected chi connectivity index (χ4v) is 11.9. The number of aryl methyl sites for hydroxylation is 2. The zero-order valence-electron chi connectivity index (χ0n) is 41.8. The number of phenols is 1. The Bertz CT molecular complexity index is 2840. The van der Waals surface area contributed by atoms with Crippen LogP contribution in [0.5, 0.6) is 11.6 Å². The number of pyridine rings is 1. The molecule has 2 amide bonds. The zero-order chi connectivity index (χ0) is 50.6. The first-order chi connectivity index (χ1) is 35.4. The predicted octanol–water partition coefficient (Wildman–Crippen LogP) is 5.75. The molecule has 2 bridgehead atoms. The van der Waals surface area contributed by atoms with Gasteiger partial charge in [-0.2, -0.15) is 0 Å². The van der Waals surface area contributed by atoms with Crippen LogP contribution in [-0.4, -0.2) is 152 Å².